The summed E-state index contributed by atoms with van der Waals surface area (Å²) in [6.45, 7) is -0.180. The smallest absolute Gasteiger partial charge is 0.135 e. The van der Waals surface area contributed by atoms with E-state index >= 15 is 0 Å². The molecule has 0 aromatic heterocycles. The van der Waals surface area contributed by atoms with Crippen LogP contribution in [0.1, 0.15) is 5.56 Å². The van der Waals surface area contributed by atoms with Crippen LogP contribution in [0.15, 0.2) is 16.6 Å². The second-order valence-corrected chi connectivity index (χ2v) is 3.18. The zero-order valence-electron chi connectivity index (χ0n) is 6.22. The predicted octanol–water partition coefficient (Wildman–Crippen LogP) is 1.83. The minimum Gasteiger partial charge on any atom is -0.506 e. The molecule has 0 unspecified atom stereocenters. The lowest BCUT2D eigenvalue weighted by Crippen LogP contribution is -1.95. The van der Waals surface area contributed by atoms with Gasteiger partial charge in [-0.3, -0.25) is 0 Å². The Balaban J connectivity index is 3.14. The van der Waals surface area contributed by atoms with E-state index in [1.54, 1.807) is 0 Å². The van der Waals surface area contributed by atoms with Crippen molar-refractivity contribution in [3.63, 3.8) is 0 Å². The van der Waals surface area contributed by atoms with E-state index in [1.807, 2.05) is 0 Å². The lowest BCUT2D eigenvalue weighted by molar-refractivity contribution is 0.295. The maximum Gasteiger partial charge on any atom is 0.135 e. The summed E-state index contributed by atoms with van der Waals surface area (Å²) in [5, 5.41) is 17.9. The van der Waals surface area contributed by atoms with Gasteiger partial charge in [0.2, 0.25) is 0 Å². The number of phenolic OH excluding ortho intramolecular Hbond substituents is 1. The van der Waals surface area contributed by atoms with E-state index < -0.39 is 5.82 Å². The van der Waals surface area contributed by atoms with Crippen molar-refractivity contribution < 1.29 is 14.6 Å². The quantitative estimate of drug-likeness (QED) is 0.820. The first-order valence-corrected chi connectivity index (χ1v) is 4.23. The minimum atomic E-state index is -0.496. The zero-order chi connectivity index (χ0) is 9.14. The molecule has 1 aromatic rings. The van der Waals surface area contributed by atoms with E-state index in [1.165, 1.54) is 12.1 Å². The first kappa shape index (κ1) is 9.48. The SMILES string of the molecule is OCCc1c(F)ccc(Br)c1O. The molecule has 0 bridgehead atoms. The molecule has 1 aromatic carbocycles. The van der Waals surface area contributed by atoms with Crippen molar-refractivity contribution in [2.24, 2.45) is 0 Å². The van der Waals surface area contributed by atoms with Gasteiger partial charge in [0.05, 0.1) is 4.47 Å². The number of benzene rings is 1. The van der Waals surface area contributed by atoms with Gasteiger partial charge in [-0.15, -0.1) is 0 Å². The van der Waals surface area contributed by atoms with Crippen molar-refractivity contribution in [1.29, 1.82) is 0 Å². The summed E-state index contributed by atoms with van der Waals surface area (Å²) in [5.41, 5.74) is 0.145. The largest absolute Gasteiger partial charge is 0.506 e. The van der Waals surface area contributed by atoms with Gasteiger partial charge in [0.1, 0.15) is 11.6 Å². The molecule has 0 saturated carbocycles. The van der Waals surface area contributed by atoms with E-state index in [2.05, 4.69) is 15.9 Å². The first-order chi connectivity index (χ1) is 5.66. The molecule has 0 aliphatic rings. The van der Waals surface area contributed by atoms with Crippen LogP contribution in [0.3, 0.4) is 0 Å². The third-order valence-corrected chi connectivity index (χ3v) is 2.18. The molecule has 4 heteroatoms. The van der Waals surface area contributed by atoms with Crippen LogP contribution in [-0.4, -0.2) is 16.8 Å². The molecule has 0 aliphatic heterocycles. The highest BCUT2D eigenvalue weighted by molar-refractivity contribution is 9.10. The molecule has 66 valence electrons. The number of phenols is 1. The Morgan fingerprint density at radius 2 is 2.08 bits per heavy atom. The highest BCUT2D eigenvalue weighted by Crippen LogP contribution is 2.29. The minimum absolute atomic E-state index is 0.122. The van der Waals surface area contributed by atoms with Crippen molar-refractivity contribution in [1.82, 2.24) is 0 Å². The number of hydrogen-bond acceptors (Lipinski definition) is 2. The fourth-order valence-electron chi connectivity index (χ4n) is 0.933. The molecular weight excluding hydrogens is 227 g/mol. The lowest BCUT2D eigenvalue weighted by Gasteiger charge is -2.05. The van der Waals surface area contributed by atoms with Gasteiger partial charge in [-0.05, 0) is 28.1 Å². The summed E-state index contributed by atoms with van der Waals surface area (Å²) in [5.74, 6) is -0.631. The van der Waals surface area contributed by atoms with Crippen LogP contribution >= 0.6 is 15.9 Å². The van der Waals surface area contributed by atoms with Gasteiger partial charge in [0, 0.05) is 18.6 Å². The van der Waals surface area contributed by atoms with Crippen molar-refractivity contribution in [2.75, 3.05) is 6.61 Å². The predicted molar refractivity (Wildman–Crippen MR) is 46.6 cm³/mol. The summed E-state index contributed by atoms with van der Waals surface area (Å²) in [4.78, 5) is 0. The summed E-state index contributed by atoms with van der Waals surface area (Å²) in [7, 11) is 0. The Labute approximate surface area is 77.8 Å². The van der Waals surface area contributed by atoms with Gasteiger partial charge in [-0.25, -0.2) is 4.39 Å². The second kappa shape index (κ2) is 3.87. The van der Waals surface area contributed by atoms with E-state index in [9.17, 15) is 9.50 Å². The third-order valence-electron chi connectivity index (χ3n) is 1.54. The van der Waals surface area contributed by atoms with Gasteiger partial charge in [-0.2, -0.15) is 0 Å². The molecule has 0 saturated heterocycles. The zero-order valence-corrected chi connectivity index (χ0v) is 7.81. The van der Waals surface area contributed by atoms with E-state index in [0.29, 0.717) is 4.47 Å². The van der Waals surface area contributed by atoms with Crippen LogP contribution in [0.2, 0.25) is 0 Å². The van der Waals surface area contributed by atoms with Crippen LogP contribution in [0.5, 0.6) is 5.75 Å². The standard InChI is InChI=1S/C8H8BrFO2/c9-6-1-2-7(10)5(3-4-11)8(6)12/h1-2,11-12H,3-4H2. The molecule has 2 N–H and O–H groups in total. The van der Waals surface area contributed by atoms with Gasteiger partial charge >= 0.3 is 0 Å². The van der Waals surface area contributed by atoms with E-state index in [4.69, 9.17) is 5.11 Å². The Morgan fingerprint density at radius 1 is 1.42 bits per heavy atom. The van der Waals surface area contributed by atoms with Crippen LogP contribution in [-0.2, 0) is 6.42 Å². The number of hydrogen-bond donors (Lipinski definition) is 2. The molecule has 0 amide bonds. The summed E-state index contributed by atoms with van der Waals surface area (Å²) >= 11 is 3.05. The average molecular weight is 235 g/mol. The van der Waals surface area contributed by atoms with Gasteiger partial charge < -0.3 is 10.2 Å². The summed E-state index contributed by atoms with van der Waals surface area (Å²) in [6.07, 6.45) is 0.122. The fourth-order valence-corrected chi connectivity index (χ4v) is 1.30. The van der Waals surface area contributed by atoms with E-state index in [-0.39, 0.29) is 24.3 Å². The fraction of sp³-hybridized carbons (Fsp3) is 0.250. The lowest BCUT2D eigenvalue weighted by atomic mass is 10.1. The molecule has 2 nitrogen and oxygen atoms in total. The monoisotopic (exact) mass is 234 g/mol. The molecule has 0 radical (unpaired) electrons. The number of aliphatic hydroxyl groups excluding tert-OH is 1. The number of aromatic hydroxyl groups is 1. The molecule has 0 heterocycles. The highest BCUT2D eigenvalue weighted by Gasteiger charge is 2.09. The van der Waals surface area contributed by atoms with Gasteiger partial charge in [0.15, 0.2) is 0 Å². The van der Waals surface area contributed by atoms with E-state index in [0.717, 1.165) is 0 Å². The molecule has 0 atom stereocenters. The second-order valence-electron chi connectivity index (χ2n) is 2.33. The van der Waals surface area contributed by atoms with Crippen molar-refractivity contribution in [3.05, 3.63) is 28.0 Å². The maximum atomic E-state index is 12.9. The Hall–Kier alpha value is -0.610. The Bertz CT molecular complexity index is 289. The van der Waals surface area contributed by atoms with Crippen LogP contribution in [0.25, 0.3) is 0 Å². The van der Waals surface area contributed by atoms with Crippen molar-refractivity contribution in [3.8, 4) is 5.75 Å². The molecule has 1 rings (SSSR count). The first-order valence-electron chi connectivity index (χ1n) is 3.43. The number of aliphatic hydroxyl groups is 1. The summed E-state index contributed by atoms with van der Waals surface area (Å²) < 4.78 is 13.4. The normalized spacial score (nSPS) is 10.2. The average Bonchev–Trinajstić information content (AvgIpc) is 2.06. The molecule has 0 fully saturated rings. The van der Waals surface area contributed by atoms with Crippen LogP contribution < -0.4 is 0 Å². The third kappa shape index (κ3) is 1.76. The van der Waals surface area contributed by atoms with Gasteiger partial charge in [0.25, 0.3) is 0 Å². The molecule has 12 heavy (non-hydrogen) atoms. The number of halogens is 2. The van der Waals surface area contributed by atoms with Crippen molar-refractivity contribution in [2.45, 2.75) is 6.42 Å². The Morgan fingerprint density at radius 3 is 2.67 bits per heavy atom. The van der Waals surface area contributed by atoms with Crippen LogP contribution in [0.4, 0.5) is 4.39 Å². The Kier molecular flexibility index (Phi) is 3.05. The topological polar surface area (TPSA) is 40.5 Å². The van der Waals surface area contributed by atoms with Crippen molar-refractivity contribution >= 4 is 15.9 Å². The number of rotatable bonds is 2. The maximum absolute atomic E-state index is 12.9. The molecular formula is C8H8BrFO2. The molecule has 0 aliphatic carbocycles. The molecule has 0 spiro atoms. The summed E-state index contributed by atoms with van der Waals surface area (Å²) in [6, 6.07) is 2.67. The van der Waals surface area contributed by atoms with Crippen LogP contribution in [0, 0.1) is 5.82 Å². The van der Waals surface area contributed by atoms with Gasteiger partial charge in [-0.1, -0.05) is 0 Å². The highest BCUT2D eigenvalue weighted by atomic mass is 79.9.